The molecule has 3 aromatic rings. The minimum atomic E-state index is -0.592. The fourth-order valence-corrected chi connectivity index (χ4v) is 3.16. The third-order valence-corrected chi connectivity index (χ3v) is 4.91. The molecule has 9 nitrogen and oxygen atoms in total. The standard InChI is InChI=1S/C26H27N3O6/c1-3-13-34-22-12-11-19(15-23(22)33-2)26(32)29-28-25(31)18-8-6-7-17(14-18)16-35-21-10-5-4-9-20(21)24(27)30/h4-12,14-15H,3,13,16H2,1-2H3,(H2,27,30)(H,28,31)(H,29,32). The first kappa shape index (κ1) is 25.1. The molecule has 0 heterocycles. The first-order valence-electron chi connectivity index (χ1n) is 10.9. The molecule has 0 saturated heterocycles. The molecule has 0 spiro atoms. The summed E-state index contributed by atoms with van der Waals surface area (Å²) in [4.78, 5) is 36.6. The van der Waals surface area contributed by atoms with Crippen LogP contribution >= 0.6 is 0 Å². The number of para-hydroxylation sites is 1. The Labute approximate surface area is 203 Å². The van der Waals surface area contributed by atoms with Gasteiger partial charge in [0.05, 0.1) is 19.3 Å². The number of nitrogens with one attached hydrogen (secondary N) is 2. The number of benzene rings is 3. The van der Waals surface area contributed by atoms with E-state index in [2.05, 4.69) is 10.9 Å². The predicted molar refractivity (Wildman–Crippen MR) is 129 cm³/mol. The third-order valence-electron chi connectivity index (χ3n) is 4.91. The second-order valence-electron chi connectivity index (χ2n) is 7.47. The zero-order valence-electron chi connectivity index (χ0n) is 19.5. The third kappa shape index (κ3) is 6.73. The highest BCUT2D eigenvalue weighted by atomic mass is 16.5. The summed E-state index contributed by atoms with van der Waals surface area (Å²) in [6, 6.07) is 18.1. The number of amides is 3. The van der Waals surface area contributed by atoms with Crippen LogP contribution < -0.4 is 30.8 Å². The highest BCUT2D eigenvalue weighted by molar-refractivity contribution is 5.99. The minimum Gasteiger partial charge on any atom is -0.493 e. The Kier molecular flexibility index (Phi) is 8.66. The van der Waals surface area contributed by atoms with Crippen molar-refractivity contribution in [3.63, 3.8) is 0 Å². The van der Waals surface area contributed by atoms with Crippen molar-refractivity contribution in [3.05, 3.63) is 89.0 Å². The molecule has 0 aromatic heterocycles. The SMILES string of the molecule is CCCOc1ccc(C(=O)NNC(=O)c2cccc(COc3ccccc3C(N)=O)c2)cc1OC. The Morgan fingerprint density at radius 2 is 1.51 bits per heavy atom. The Hall–Kier alpha value is -4.53. The number of hydrazine groups is 1. The van der Waals surface area contributed by atoms with Gasteiger partial charge in [-0.25, -0.2) is 0 Å². The van der Waals surface area contributed by atoms with E-state index in [1.807, 2.05) is 6.92 Å². The largest absolute Gasteiger partial charge is 0.493 e. The topological polar surface area (TPSA) is 129 Å². The van der Waals surface area contributed by atoms with Gasteiger partial charge in [0.1, 0.15) is 12.4 Å². The first-order chi connectivity index (χ1) is 16.9. The fraction of sp³-hybridized carbons (Fsp3) is 0.192. The number of ether oxygens (including phenoxy) is 3. The van der Waals surface area contributed by atoms with Crippen LogP contribution in [0, 0.1) is 0 Å². The second-order valence-corrected chi connectivity index (χ2v) is 7.47. The summed E-state index contributed by atoms with van der Waals surface area (Å²) in [5, 5.41) is 0. The van der Waals surface area contributed by atoms with Crippen molar-refractivity contribution in [3.8, 4) is 17.2 Å². The van der Waals surface area contributed by atoms with Gasteiger partial charge in [-0.2, -0.15) is 0 Å². The lowest BCUT2D eigenvalue weighted by Crippen LogP contribution is -2.41. The molecule has 0 saturated carbocycles. The van der Waals surface area contributed by atoms with Gasteiger partial charge in [0, 0.05) is 11.1 Å². The van der Waals surface area contributed by atoms with Gasteiger partial charge in [0.2, 0.25) is 0 Å². The van der Waals surface area contributed by atoms with Crippen LogP contribution in [0.3, 0.4) is 0 Å². The van der Waals surface area contributed by atoms with Crippen molar-refractivity contribution in [2.45, 2.75) is 20.0 Å². The molecule has 0 bridgehead atoms. The summed E-state index contributed by atoms with van der Waals surface area (Å²) in [5.74, 6) is -0.307. The van der Waals surface area contributed by atoms with E-state index in [0.29, 0.717) is 40.5 Å². The van der Waals surface area contributed by atoms with Gasteiger partial charge in [-0.1, -0.05) is 31.2 Å². The molecule has 0 aliphatic heterocycles. The van der Waals surface area contributed by atoms with Crippen molar-refractivity contribution in [2.24, 2.45) is 5.73 Å². The van der Waals surface area contributed by atoms with Crippen molar-refractivity contribution >= 4 is 17.7 Å². The molecule has 3 amide bonds. The number of hydrogen-bond acceptors (Lipinski definition) is 6. The van der Waals surface area contributed by atoms with E-state index in [9.17, 15) is 14.4 Å². The number of nitrogens with two attached hydrogens (primary N) is 1. The van der Waals surface area contributed by atoms with Gasteiger partial charge in [0.25, 0.3) is 17.7 Å². The van der Waals surface area contributed by atoms with Crippen LogP contribution in [0.2, 0.25) is 0 Å². The van der Waals surface area contributed by atoms with Crippen LogP contribution in [0.4, 0.5) is 0 Å². The Balaban J connectivity index is 1.60. The van der Waals surface area contributed by atoms with Crippen LogP contribution in [-0.2, 0) is 6.61 Å². The van der Waals surface area contributed by atoms with E-state index >= 15 is 0 Å². The molecule has 0 aliphatic rings. The van der Waals surface area contributed by atoms with Gasteiger partial charge in [0.15, 0.2) is 11.5 Å². The molecule has 0 unspecified atom stereocenters. The first-order valence-corrected chi connectivity index (χ1v) is 10.9. The number of carbonyl (C=O) groups excluding carboxylic acids is 3. The Bertz CT molecular complexity index is 1210. The minimum absolute atomic E-state index is 0.115. The number of rotatable bonds is 10. The van der Waals surface area contributed by atoms with E-state index in [0.717, 1.165) is 6.42 Å². The number of carbonyl (C=O) groups is 3. The maximum Gasteiger partial charge on any atom is 0.269 e. The summed E-state index contributed by atoms with van der Waals surface area (Å²) in [7, 11) is 1.49. The van der Waals surface area contributed by atoms with E-state index < -0.39 is 17.7 Å². The quantitative estimate of drug-likeness (QED) is 0.385. The molecular weight excluding hydrogens is 450 g/mol. The maximum atomic E-state index is 12.6. The average Bonchev–Trinajstić information content (AvgIpc) is 2.89. The molecule has 0 aliphatic carbocycles. The van der Waals surface area contributed by atoms with Gasteiger partial charge in [-0.3, -0.25) is 25.2 Å². The smallest absolute Gasteiger partial charge is 0.269 e. The lowest BCUT2D eigenvalue weighted by Gasteiger charge is -2.13. The van der Waals surface area contributed by atoms with Crippen LogP contribution in [0.25, 0.3) is 0 Å². The van der Waals surface area contributed by atoms with E-state index in [4.69, 9.17) is 19.9 Å². The van der Waals surface area contributed by atoms with Crippen molar-refractivity contribution in [1.29, 1.82) is 0 Å². The highest BCUT2D eigenvalue weighted by Crippen LogP contribution is 2.28. The van der Waals surface area contributed by atoms with Gasteiger partial charge in [-0.05, 0) is 54.4 Å². The maximum absolute atomic E-state index is 12.6. The molecule has 182 valence electrons. The monoisotopic (exact) mass is 477 g/mol. The number of methoxy groups -OCH3 is 1. The predicted octanol–water partition coefficient (Wildman–Crippen LogP) is 3.24. The molecule has 3 aromatic carbocycles. The lowest BCUT2D eigenvalue weighted by atomic mass is 10.1. The molecule has 9 heteroatoms. The molecule has 3 rings (SSSR count). The van der Waals surface area contributed by atoms with Crippen LogP contribution in [-0.4, -0.2) is 31.4 Å². The second kappa shape index (κ2) is 12.1. The highest BCUT2D eigenvalue weighted by Gasteiger charge is 2.14. The zero-order chi connectivity index (χ0) is 25.2. The number of hydrogen-bond donors (Lipinski definition) is 3. The van der Waals surface area contributed by atoms with E-state index in [1.54, 1.807) is 60.7 Å². The van der Waals surface area contributed by atoms with E-state index in [1.165, 1.54) is 13.2 Å². The van der Waals surface area contributed by atoms with Crippen molar-refractivity contribution in [2.75, 3.05) is 13.7 Å². The van der Waals surface area contributed by atoms with Crippen LogP contribution in [0.5, 0.6) is 17.2 Å². The lowest BCUT2D eigenvalue weighted by molar-refractivity contribution is 0.0846. The Morgan fingerprint density at radius 3 is 2.20 bits per heavy atom. The summed E-state index contributed by atoms with van der Waals surface area (Å²) >= 11 is 0. The van der Waals surface area contributed by atoms with Gasteiger partial charge in [-0.15, -0.1) is 0 Å². The molecule has 0 atom stereocenters. The molecule has 35 heavy (non-hydrogen) atoms. The summed E-state index contributed by atoms with van der Waals surface area (Å²) in [6.45, 7) is 2.63. The molecule has 0 radical (unpaired) electrons. The van der Waals surface area contributed by atoms with Crippen LogP contribution in [0.15, 0.2) is 66.7 Å². The molecular formula is C26H27N3O6. The summed E-state index contributed by atoms with van der Waals surface area (Å²) < 4.78 is 16.6. The van der Waals surface area contributed by atoms with Crippen molar-refractivity contribution < 1.29 is 28.6 Å². The van der Waals surface area contributed by atoms with Crippen molar-refractivity contribution in [1.82, 2.24) is 10.9 Å². The summed E-state index contributed by atoms with van der Waals surface area (Å²) in [5.41, 5.74) is 11.7. The molecule has 4 N–H and O–H groups in total. The van der Waals surface area contributed by atoms with Gasteiger partial charge >= 0.3 is 0 Å². The normalized spacial score (nSPS) is 10.2. The Morgan fingerprint density at radius 1 is 0.800 bits per heavy atom. The van der Waals surface area contributed by atoms with Crippen LogP contribution in [0.1, 0.15) is 50.0 Å². The van der Waals surface area contributed by atoms with E-state index in [-0.39, 0.29) is 12.2 Å². The number of primary amides is 1. The van der Waals surface area contributed by atoms with Gasteiger partial charge < -0.3 is 19.9 Å². The summed E-state index contributed by atoms with van der Waals surface area (Å²) in [6.07, 6.45) is 0.839. The average molecular weight is 478 g/mol. The fourth-order valence-electron chi connectivity index (χ4n) is 3.16. The molecule has 0 fully saturated rings. The zero-order valence-corrected chi connectivity index (χ0v) is 19.5.